The van der Waals surface area contributed by atoms with E-state index in [0.717, 1.165) is 25.0 Å². The average Bonchev–Trinajstić information content (AvgIpc) is 2.88. The molecule has 1 aromatic rings. The molecule has 134 valence electrons. The fraction of sp³-hybridized carbons (Fsp3) is 0.619. The first-order valence-corrected chi connectivity index (χ1v) is 9.55. The van der Waals surface area contributed by atoms with Crippen molar-refractivity contribution in [2.24, 2.45) is 23.2 Å². The number of aromatic nitrogens is 1. The molecule has 5 atom stereocenters. The molecule has 1 saturated heterocycles. The summed E-state index contributed by atoms with van der Waals surface area (Å²) < 4.78 is 5.81. The Morgan fingerprint density at radius 1 is 1.44 bits per heavy atom. The maximum atomic E-state index is 12.5. The summed E-state index contributed by atoms with van der Waals surface area (Å²) in [5.74, 6) is 0.830. The van der Waals surface area contributed by atoms with Gasteiger partial charge in [-0.3, -0.25) is 9.78 Å². The molecule has 4 heteroatoms. The summed E-state index contributed by atoms with van der Waals surface area (Å²) in [4.78, 5) is 16.8. The van der Waals surface area contributed by atoms with Crippen molar-refractivity contribution in [3.63, 3.8) is 0 Å². The summed E-state index contributed by atoms with van der Waals surface area (Å²) in [6.07, 6.45) is 7.57. The van der Waals surface area contributed by atoms with Crippen molar-refractivity contribution in [2.45, 2.75) is 51.7 Å². The number of carbonyl (C=O) groups excluding carboxylic acids is 1. The number of carbonyl (C=O) groups is 1. The Morgan fingerprint density at radius 2 is 2.32 bits per heavy atom. The number of ether oxygens (including phenoxy) is 1. The van der Waals surface area contributed by atoms with Gasteiger partial charge in [-0.25, -0.2) is 0 Å². The monoisotopic (exact) mass is 340 g/mol. The molecule has 4 nitrogen and oxygen atoms in total. The molecule has 3 fully saturated rings. The number of pyridine rings is 1. The van der Waals surface area contributed by atoms with Gasteiger partial charge in [-0.1, -0.05) is 25.1 Å². The molecular formula is C21H28N2O2. The van der Waals surface area contributed by atoms with Gasteiger partial charge in [0.15, 0.2) is 0 Å². The fourth-order valence-electron chi connectivity index (χ4n) is 5.35. The third-order valence-corrected chi connectivity index (χ3v) is 6.72. The van der Waals surface area contributed by atoms with E-state index in [1.807, 2.05) is 18.2 Å². The van der Waals surface area contributed by atoms with Crippen LogP contribution >= 0.6 is 0 Å². The van der Waals surface area contributed by atoms with Crippen LogP contribution in [-0.4, -0.2) is 23.6 Å². The van der Waals surface area contributed by atoms with Crippen molar-refractivity contribution >= 4 is 5.97 Å². The predicted octanol–water partition coefficient (Wildman–Crippen LogP) is 3.49. The van der Waals surface area contributed by atoms with Crippen molar-refractivity contribution in [3.05, 3.63) is 42.2 Å². The third kappa shape index (κ3) is 3.12. The van der Waals surface area contributed by atoms with Crippen LogP contribution < -0.4 is 5.32 Å². The van der Waals surface area contributed by atoms with Gasteiger partial charge < -0.3 is 10.1 Å². The van der Waals surface area contributed by atoms with Gasteiger partial charge in [0.1, 0.15) is 6.10 Å². The molecule has 1 N–H and O–H groups in total. The molecule has 25 heavy (non-hydrogen) atoms. The molecule has 0 unspecified atom stereocenters. The van der Waals surface area contributed by atoms with Crippen molar-refractivity contribution < 1.29 is 9.53 Å². The van der Waals surface area contributed by atoms with E-state index < -0.39 is 0 Å². The van der Waals surface area contributed by atoms with Gasteiger partial charge in [0.2, 0.25) is 0 Å². The Kier molecular flexibility index (Phi) is 4.40. The number of hydrogen-bond acceptors (Lipinski definition) is 4. The zero-order chi connectivity index (χ0) is 17.4. The molecule has 1 aliphatic heterocycles. The number of fused-ring (bicyclic) bond motifs is 2. The molecular weight excluding hydrogens is 312 g/mol. The van der Waals surface area contributed by atoms with Crippen molar-refractivity contribution in [1.82, 2.24) is 10.3 Å². The van der Waals surface area contributed by atoms with Gasteiger partial charge in [-0.15, -0.1) is 0 Å². The minimum atomic E-state index is -0.0343. The number of esters is 1. The van der Waals surface area contributed by atoms with Crippen LogP contribution in [0.5, 0.6) is 0 Å². The molecule has 1 aromatic heterocycles. The van der Waals surface area contributed by atoms with Crippen molar-refractivity contribution in [1.29, 1.82) is 0 Å². The van der Waals surface area contributed by atoms with Gasteiger partial charge in [0.05, 0.1) is 11.6 Å². The lowest BCUT2D eigenvalue weighted by Gasteiger charge is -2.50. The van der Waals surface area contributed by atoms with Crippen LogP contribution in [0, 0.1) is 23.2 Å². The molecule has 2 saturated carbocycles. The van der Waals surface area contributed by atoms with Gasteiger partial charge in [0, 0.05) is 25.2 Å². The maximum Gasteiger partial charge on any atom is 0.310 e. The standard InChI is InChI=1S/C21H28N2O2/c1-14-6-5-8-21(2)11-19-16(10-18(14)21)17(20(24)25-19)13-22-12-15-7-3-4-9-23-15/h3-4,7,9,16-19,22H,1,5-6,8,10-13H2,2H3/t16-,17+,18-,19-,21-/m1/s1. The quantitative estimate of drug-likeness (QED) is 0.673. The van der Waals surface area contributed by atoms with Gasteiger partial charge in [-0.05, 0) is 55.6 Å². The van der Waals surface area contributed by atoms with Crippen LogP contribution in [0.2, 0.25) is 0 Å². The Morgan fingerprint density at radius 3 is 3.12 bits per heavy atom. The van der Waals surface area contributed by atoms with E-state index in [1.165, 1.54) is 18.4 Å². The lowest BCUT2D eigenvalue weighted by atomic mass is 9.55. The number of rotatable bonds is 4. The van der Waals surface area contributed by atoms with Gasteiger partial charge in [0.25, 0.3) is 0 Å². The molecule has 4 rings (SSSR count). The lowest BCUT2D eigenvalue weighted by Crippen LogP contribution is -2.45. The lowest BCUT2D eigenvalue weighted by molar-refractivity contribution is -0.146. The molecule has 0 aromatic carbocycles. The number of allylic oxidation sites excluding steroid dienone is 1. The number of hydrogen-bond donors (Lipinski definition) is 1. The Bertz CT molecular complexity index is 659. The fourth-order valence-corrected chi connectivity index (χ4v) is 5.35. The zero-order valence-corrected chi connectivity index (χ0v) is 15.0. The number of nitrogens with zero attached hydrogens (tertiary/aromatic N) is 1. The predicted molar refractivity (Wildman–Crippen MR) is 96.6 cm³/mol. The molecule has 0 spiro atoms. The molecule has 0 radical (unpaired) electrons. The summed E-state index contributed by atoms with van der Waals surface area (Å²) in [6.45, 7) is 8.09. The highest BCUT2D eigenvalue weighted by Gasteiger charge is 2.54. The first-order chi connectivity index (χ1) is 12.1. The largest absolute Gasteiger partial charge is 0.462 e. The molecule has 0 amide bonds. The summed E-state index contributed by atoms with van der Waals surface area (Å²) in [5.41, 5.74) is 2.67. The second-order valence-electron chi connectivity index (χ2n) is 8.36. The van der Waals surface area contributed by atoms with Crippen LogP contribution in [0.15, 0.2) is 36.5 Å². The molecule has 2 heterocycles. The molecule has 0 bridgehead atoms. The van der Waals surface area contributed by atoms with Gasteiger partial charge >= 0.3 is 5.97 Å². The average molecular weight is 340 g/mol. The Hall–Kier alpha value is -1.68. The normalized spacial score (nSPS) is 37.3. The van der Waals surface area contributed by atoms with Crippen molar-refractivity contribution in [3.8, 4) is 0 Å². The minimum absolute atomic E-state index is 0.0172. The van der Waals surface area contributed by atoms with E-state index in [-0.39, 0.29) is 23.4 Å². The van der Waals surface area contributed by atoms with Crippen LogP contribution in [0.3, 0.4) is 0 Å². The second-order valence-corrected chi connectivity index (χ2v) is 8.36. The first kappa shape index (κ1) is 16.8. The van der Waals surface area contributed by atoms with Crippen LogP contribution in [0.25, 0.3) is 0 Å². The summed E-state index contributed by atoms with van der Waals surface area (Å²) in [6, 6.07) is 5.90. The Balaban J connectivity index is 1.42. The SMILES string of the molecule is C=C1CCC[C@]2(C)C[C@H]3OC(=O)[C@@H](CNCc4ccccn4)[C@H]3C[C@H]12. The van der Waals surface area contributed by atoms with E-state index in [4.69, 9.17) is 4.74 Å². The summed E-state index contributed by atoms with van der Waals surface area (Å²) in [5, 5.41) is 3.41. The van der Waals surface area contributed by atoms with Crippen LogP contribution in [0.1, 0.15) is 44.7 Å². The van der Waals surface area contributed by atoms with E-state index in [1.54, 1.807) is 6.20 Å². The highest BCUT2D eigenvalue weighted by atomic mass is 16.6. The minimum Gasteiger partial charge on any atom is -0.462 e. The van der Waals surface area contributed by atoms with E-state index >= 15 is 0 Å². The second kappa shape index (κ2) is 6.56. The zero-order valence-electron chi connectivity index (χ0n) is 15.0. The van der Waals surface area contributed by atoms with Crippen LogP contribution in [0.4, 0.5) is 0 Å². The van der Waals surface area contributed by atoms with Gasteiger partial charge in [-0.2, -0.15) is 0 Å². The van der Waals surface area contributed by atoms with E-state index in [9.17, 15) is 4.79 Å². The summed E-state index contributed by atoms with van der Waals surface area (Å²) in [7, 11) is 0. The number of nitrogens with one attached hydrogen (secondary N) is 1. The maximum absolute atomic E-state index is 12.5. The first-order valence-electron chi connectivity index (χ1n) is 9.55. The van der Waals surface area contributed by atoms with Crippen LogP contribution in [-0.2, 0) is 16.1 Å². The molecule has 2 aliphatic carbocycles. The van der Waals surface area contributed by atoms with Crippen molar-refractivity contribution in [2.75, 3.05) is 6.54 Å². The highest BCUT2D eigenvalue weighted by molar-refractivity contribution is 5.75. The Labute approximate surface area is 150 Å². The van der Waals surface area contributed by atoms with E-state index in [0.29, 0.717) is 24.9 Å². The van der Waals surface area contributed by atoms with E-state index in [2.05, 4.69) is 23.8 Å². The molecule has 3 aliphatic rings. The third-order valence-electron chi connectivity index (χ3n) is 6.72. The highest BCUT2D eigenvalue weighted by Crippen LogP contribution is 2.56. The summed E-state index contributed by atoms with van der Waals surface area (Å²) >= 11 is 0. The topological polar surface area (TPSA) is 51.2 Å². The smallest absolute Gasteiger partial charge is 0.310 e.